The molecule has 1 aromatic carbocycles. The lowest BCUT2D eigenvalue weighted by Crippen LogP contribution is -2.06. The normalized spacial score (nSPS) is 12.7. The number of hydrogen-bond donors (Lipinski definition) is 0. The van der Waals surface area contributed by atoms with Crippen molar-refractivity contribution in [1.82, 2.24) is 19.7 Å². The van der Waals surface area contributed by atoms with E-state index in [1.165, 1.54) is 6.42 Å². The molecule has 0 bridgehead atoms. The Balaban J connectivity index is 2.31. The van der Waals surface area contributed by atoms with Crippen molar-refractivity contribution in [3.05, 3.63) is 38.7 Å². The van der Waals surface area contributed by atoms with Crippen LogP contribution in [0.1, 0.15) is 57.0 Å². The highest BCUT2D eigenvalue weighted by molar-refractivity contribution is 7.98. The first-order valence-electron chi connectivity index (χ1n) is 9.37. The molecule has 2 aromatic heterocycles. The van der Waals surface area contributed by atoms with Gasteiger partial charge in [0.15, 0.2) is 5.65 Å². The zero-order valence-corrected chi connectivity index (χ0v) is 19.5. The first-order valence-corrected chi connectivity index (χ1v) is 11.7. The van der Waals surface area contributed by atoms with Crippen LogP contribution in [-0.4, -0.2) is 26.0 Å². The zero-order valence-electron chi connectivity index (χ0n) is 16.4. The predicted molar refractivity (Wildman–Crippen MR) is 121 cm³/mol. The van der Waals surface area contributed by atoms with Crippen molar-refractivity contribution < 1.29 is 0 Å². The molecule has 0 radical (unpaired) electrons. The van der Waals surface area contributed by atoms with Crippen molar-refractivity contribution in [2.75, 3.05) is 6.26 Å². The van der Waals surface area contributed by atoms with Crippen molar-refractivity contribution >= 4 is 57.6 Å². The van der Waals surface area contributed by atoms with Crippen LogP contribution < -0.4 is 0 Å². The molecule has 3 rings (SSSR count). The van der Waals surface area contributed by atoms with Crippen LogP contribution in [0, 0.1) is 6.92 Å². The second-order valence-electron chi connectivity index (χ2n) is 6.74. The van der Waals surface area contributed by atoms with Gasteiger partial charge in [-0.2, -0.15) is 5.10 Å². The van der Waals surface area contributed by atoms with E-state index in [2.05, 4.69) is 13.8 Å². The maximum Gasteiger partial charge on any atom is 0.168 e. The summed E-state index contributed by atoms with van der Waals surface area (Å²) in [6, 6.07) is 3.34. The monoisotopic (exact) mass is 456 g/mol. The lowest BCUT2D eigenvalue weighted by molar-refractivity contribution is 0.559. The summed E-state index contributed by atoms with van der Waals surface area (Å²) in [7, 11) is 0. The number of fused-ring (bicyclic) bond motifs is 1. The lowest BCUT2D eigenvalue weighted by Gasteiger charge is -2.16. The number of nitrogens with zero attached hydrogens (tertiary/aromatic N) is 4. The second kappa shape index (κ2) is 9.21. The van der Waals surface area contributed by atoms with Gasteiger partial charge >= 0.3 is 0 Å². The first-order chi connectivity index (χ1) is 13.4. The number of aromatic nitrogens is 4. The molecule has 0 spiro atoms. The third-order valence-corrected chi connectivity index (χ3v) is 6.27. The van der Waals surface area contributed by atoms with E-state index in [9.17, 15) is 0 Å². The molecule has 0 aliphatic carbocycles. The maximum atomic E-state index is 6.48. The highest BCUT2D eigenvalue weighted by Gasteiger charge is 2.24. The quantitative estimate of drug-likeness (QED) is 0.345. The Kier molecular flexibility index (Phi) is 7.13. The van der Waals surface area contributed by atoms with Crippen LogP contribution >= 0.6 is 46.6 Å². The number of aryl methyl sites for hydroxylation is 1. The molecule has 1 atom stereocenters. The van der Waals surface area contributed by atoms with Crippen LogP contribution in [0.4, 0.5) is 0 Å². The van der Waals surface area contributed by atoms with Crippen molar-refractivity contribution in [2.24, 2.45) is 0 Å². The summed E-state index contributed by atoms with van der Waals surface area (Å²) >= 11 is 20.6. The van der Waals surface area contributed by atoms with Gasteiger partial charge in [0.05, 0.1) is 21.1 Å². The first kappa shape index (κ1) is 21.7. The van der Waals surface area contributed by atoms with Gasteiger partial charge in [-0.3, -0.25) is 0 Å². The van der Waals surface area contributed by atoms with E-state index in [0.717, 1.165) is 41.0 Å². The van der Waals surface area contributed by atoms with E-state index in [0.29, 0.717) is 32.5 Å². The maximum absolute atomic E-state index is 6.48. The summed E-state index contributed by atoms with van der Waals surface area (Å²) < 4.78 is 1.73. The average Bonchev–Trinajstić information content (AvgIpc) is 2.99. The van der Waals surface area contributed by atoms with Crippen molar-refractivity contribution in [3.8, 4) is 5.69 Å². The molecule has 0 aliphatic heterocycles. The topological polar surface area (TPSA) is 43.6 Å². The summed E-state index contributed by atoms with van der Waals surface area (Å²) in [5.74, 6) is 1.08. The van der Waals surface area contributed by atoms with Gasteiger partial charge in [0.2, 0.25) is 0 Å². The zero-order chi connectivity index (χ0) is 20.4. The summed E-state index contributed by atoms with van der Waals surface area (Å²) in [6.07, 6.45) is 6.45. The van der Waals surface area contributed by atoms with E-state index < -0.39 is 0 Å². The van der Waals surface area contributed by atoms with Gasteiger partial charge in [0.25, 0.3) is 0 Å². The summed E-state index contributed by atoms with van der Waals surface area (Å²) in [4.78, 5) is 9.54. The highest BCUT2D eigenvalue weighted by atomic mass is 35.5. The molecule has 0 fully saturated rings. The summed E-state index contributed by atoms with van der Waals surface area (Å²) in [5.41, 5.74) is 2.38. The van der Waals surface area contributed by atoms with Crippen LogP contribution in [0.25, 0.3) is 16.7 Å². The minimum atomic E-state index is 0.365. The van der Waals surface area contributed by atoms with Gasteiger partial charge in [0, 0.05) is 10.9 Å². The molecule has 4 nitrogen and oxygen atoms in total. The van der Waals surface area contributed by atoms with Crippen LogP contribution in [0.2, 0.25) is 15.1 Å². The Labute approximate surface area is 185 Å². The molecule has 0 N–H and O–H groups in total. The summed E-state index contributed by atoms with van der Waals surface area (Å²) in [5, 5.41) is 8.01. The Hall–Kier alpha value is -1.01. The second-order valence-corrected chi connectivity index (χ2v) is 8.79. The number of thioether (sulfide) groups is 1. The Morgan fingerprint density at radius 1 is 1.11 bits per heavy atom. The van der Waals surface area contributed by atoms with Gasteiger partial charge in [0.1, 0.15) is 16.5 Å². The lowest BCUT2D eigenvalue weighted by atomic mass is 9.94. The number of unbranched alkanes of at least 4 members (excludes halogenated alkanes) is 1. The molecular formula is C20H23Cl3N4S. The van der Waals surface area contributed by atoms with E-state index in [-0.39, 0.29) is 0 Å². The van der Waals surface area contributed by atoms with Gasteiger partial charge in [-0.05, 0) is 38.2 Å². The van der Waals surface area contributed by atoms with Gasteiger partial charge in [-0.1, -0.05) is 61.5 Å². The standard InChI is InChI=1S/C20H23Cl3N4S/c1-5-7-8-12(6-2)17-16-19(25-11(3)24-17)27(26-20(16)28-4)18-14(22)9-13(21)10-15(18)23/h9-10,12H,5-8H2,1-4H3. The largest absolute Gasteiger partial charge is 0.237 e. The van der Waals surface area contributed by atoms with Crippen LogP contribution in [0.5, 0.6) is 0 Å². The van der Waals surface area contributed by atoms with E-state index in [1.54, 1.807) is 28.6 Å². The third-order valence-electron chi connectivity index (χ3n) is 4.81. The molecule has 3 aromatic rings. The Bertz CT molecular complexity index is 980. The predicted octanol–water partition coefficient (Wildman–Crippen LogP) is 7.49. The van der Waals surface area contributed by atoms with Crippen molar-refractivity contribution in [1.29, 1.82) is 0 Å². The smallest absolute Gasteiger partial charge is 0.168 e. The van der Waals surface area contributed by atoms with Crippen LogP contribution in [0.15, 0.2) is 17.2 Å². The molecule has 8 heteroatoms. The fourth-order valence-electron chi connectivity index (χ4n) is 3.44. The Morgan fingerprint density at radius 3 is 2.36 bits per heavy atom. The molecule has 28 heavy (non-hydrogen) atoms. The minimum Gasteiger partial charge on any atom is -0.237 e. The molecule has 2 heterocycles. The molecular weight excluding hydrogens is 435 g/mol. The number of hydrogen-bond acceptors (Lipinski definition) is 4. The Morgan fingerprint density at radius 2 is 1.79 bits per heavy atom. The molecule has 150 valence electrons. The SMILES string of the molecule is CCCCC(CC)c1nc(C)nc2c1c(SC)nn2-c1c(Cl)cc(Cl)cc1Cl. The van der Waals surface area contributed by atoms with E-state index >= 15 is 0 Å². The minimum absolute atomic E-state index is 0.365. The number of halogens is 3. The third kappa shape index (κ3) is 4.13. The van der Waals surface area contributed by atoms with Gasteiger partial charge < -0.3 is 0 Å². The van der Waals surface area contributed by atoms with E-state index in [1.807, 2.05) is 13.2 Å². The van der Waals surface area contributed by atoms with Crippen LogP contribution in [0.3, 0.4) is 0 Å². The van der Waals surface area contributed by atoms with Crippen molar-refractivity contribution in [3.63, 3.8) is 0 Å². The molecule has 0 saturated carbocycles. The molecule has 0 aliphatic rings. The van der Waals surface area contributed by atoms with Crippen molar-refractivity contribution in [2.45, 2.75) is 57.4 Å². The fraction of sp³-hybridized carbons (Fsp3) is 0.450. The summed E-state index contributed by atoms with van der Waals surface area (Å²) in [6.45, 7) is 6.33. The van der Waals surface area contributed by atoms with E-state index in [4.69, 9.17) is 49.9 Å². The van der Waals surface area contributed by atoms with Crippen LogP contribution in [-0.2, 0) is 0 Å². The molecule has 1 unspecified atom stereocenters. The number of rotatable bonds is 7. The molecule has 0 saturated heterocycles. The van der Waals surface area contributed by atoms with Gasteiger partial charge in [-0.15, -0.1) is 11.8 Å². The highest BCUT2D eigenvalue weighted by Crippen LogP contribution is 2.39. The number of benzene rings is 1. The fourth-order valence-corrected chi connectivity index (χ4v) is 4.98. The molecule has 0 amide bonds. The average molecular weight is 458 g/mol. The van der Waals surface area contributed by atoms with Gasteiger partial charge in [-0.25, -0.2) is 14.6 Å².